The second-order valence-electron chi connectivity index (χ2n) is 7.92. The Labute approximate surface area is 156 Å². The predicted molar refractivity (Wildman–Crippen MR) is 103 cm³/mol. The fourth-order valence-corrected chi connectivity index (χ4v) is 3.30. The third kappa shape index (κ3) is 3.71. The van der Waals surface area contributed by atoms with Crippen LogP contribution in [0.2, 0.25) is 0 Å². The molecule has 1 fully saturated rings. The number of carbonyl (C=O) groups excluding carboxylic acids is 1. The summed E-state index contributed by atoms with van der Waals surface area (Å²) in [7, 11) is 0. The molecular weight excluding hydrogens is 344 g/mol. The van der Waals surface area contributed by atoms with E-state index in [1.807, 2.05) is 10.6 Å². The van der Waals surface area contributed by atoms with E-state index >= 15 is 0 Å². The van der Waals surface area contributed by atoms with Crippen LogP contribution in [0.4, 0.5) is 5.82 Å². The first kappa shape index (κ1) is 17.7. The highest BCUT2D eigenvalue weighted by molar-refractivity contribution is 6.04. The van der Waals surface area contributed by atoms with Gasteiger partial charge in [0, 0.05) is 12.6 Å². The first-order chi connectivity index (χ1) is 12.8. The highest BCUT2D eigenvalue weighted by Gasteiger charge is 2.26. The topological polar surface area (TPSA) is 119 Å². The van der Waals surface area contributed by atoms with Crippen LogP contribution in [0.25, 0.3) is 22.1 Å². The Balaban J connectivity index is 1.79. The van der Waals surface area contributed by atoms with Gasteiger partial charge in [-0.2, -0.15) is 0 Å². The standard InChI is InChI=1S/C19H24N6O2/c1-19(2,27)10-25-13(9-22-14(26)8-11-5-6-11)24-16-17(25)15-12(23-18(16)20)4-3-7-21-15/h3-4,7,11,27H,5-6,8-10H2,1-2H3,(H2,20,23)(H,22,26). The summed E-state index contributed by atoms with van der Waals surface area (Å²) in [4.78, 5) is 25.6. The monoisotopic (exact) mass is 368 g/mol. The smallest absolute Gasteiger partial charge is 0.220 e. The highest BCUT2D eigenvalue weighted by atomic mass is 16.3. The van der Waals surface area contributed by atoms with Gasteiger partial charge in [0.05, 0.1) is 24.2 Å². The normalized spacial score (nSPS) is 14.8. The van der Waals surface area contributed by atoms with Crippen molar-refractivity contribution in [2.45, 2.75) is 51.8 Å². The molecule has 0 saturated heterocycles. The Hall–Kier alpha value is -2.74. The molecule has 0 bridgehead atoms. The Morgan fingerprint density at radius 3 is 2.85 bits per heavy atom. The number of pyridine rings is 2. The SMILES string of the molecule is CC(C)(O)Cn1c(CNC(=O)CC2CC2)nc2c(N)nc3cccnc3c21. The summed E-state index contributed by atoms with van der Waals surface area (Å²) < 4.78 is 1.89. The van der Waals surface area contributed by atoms with Gasteiger partial charge in [-0.05, 0) is 44.7 Å². The molecule has 1 aliphatic rings. The van der Waals surface area contributed by atoms with E-state index in [9.17, 15) is 9.90 Å². The molecule has 4 rings (SSSR count). The van der Waals surface area contributed by atoms with Gasteiger partial charge in [0.1, 0.15) is 22.4 Å². The molecule has 0 aromatic carbocycles. The molecule has 1 aliphatic carbocycles. The maximum absolute atomic E-state index is 12.1. The Kier molecular flexibility index (Phi) is 4.22. The average molecular weight is 368 g/mol. The highest BCUT2D eigenvalue weighted by Crippen LogP contribution is 2.32. The summed E-state index contributed by atoms with van der Waals surface area (Å²) in [5.41, 5.74) is 7.77. The van der Waals surface area contributed by atoms with Gasteiger partial charge in [0.2, 0.25) is 5.91 Å². The number of aromatic nitrogens is 4. The summed E-state index contributed by atoms with van der Waals surface area (Å²) in [6.45, 7) is 4.03. The maximum Gasteiger partial charge on any atom is 0.220 e. The predicted octanol–water partition coefficient (Wildman–Crippen LogP) is 1.75. The van der Waals surface area contributed by atoms with Crippen molar-refractivity contribution >= 4 is 33.8 Å². The Bertz CT molecular complexity index is 1020. The van der Waals surface area contributed by atoms with Gasteiger partial charge in [-0.3, -0.25) is 9.78 Å². The van der Waals surface area contributed by atoms with Gasteiger partial charge >= 0.3 is 0 Å². The fourth-order valence-electron chi connectivity index (χ4n) is 3.30. The minimum atomic E-state index is -0.973. The number of carbonyl (C=O) groups is 1. The Morgan fingerprint density at radius 1 is 1.37 bits per heavy atom. The molecule has 0 aliphatic heterocycles. The van der Waals surface area contributed by atoms with E-state index in [0.717, 1.165) is 18.4 Å². The second-order valence-corrected chi connectivity index (χ2v) is 7.92. The molecule has 1 amide bonds. The van der Waals surface area contributed by atoms with Crippen LogP contribution >= 0.6 is 0 Å². The number of amides is 1. The van der Waals surface area contributed by atoms with Crippen molar-refractivity contribution in [3.05, 3.63) is 24.2 Å². The van der Waals surface area contributed by atoms with Crippen molar-refractivity contribution in [2.75, 3.05) is 5.73 Å². The second kappa shape index (κ2) is 6.45. The van der Waals surface area contributed by atoms with Crippen molar-refractivity contribution in [3.63, 3.8) is 0 Å². The van der Waals surface area contributed by atoms with Gasteiger partial charge in [-0.25, -0.2) is 9.97 Å². The molecule has 0 atom stereocenters. The lowest BCUT2D eigenvalue weighted by atomic mass is 10.1. The van der Waals surface area contributed by atoms with E-state index in [-0.39, 0.29) is 12.5 Å². The molecule has 3 aromatic heterocycles. The number of fused-ring (bicyclic) bond motifs is 3. The largest absolute Gasteiger partial charge is 0.389 e. The fraction of sp³-hybridized carbons (Fsp3) is 0.474. The lowest BCUT2D eigenvalue weighted by molar-refractivity contribution is -0.121. The number of nitrogen functional groups attached to an aromatic ring is 1. The lowest BCUT2D eigenvalue weighted by Gasteiger charge is -2.20. The summed E-state index contributed by atoms with van der Waals surface area (Å²) in [6.07, 6.45) is 4.51. The van der Waals surface area contributed by atoms with Crippen molar-refractivity contribution in [1.29, 1.82) is 0 Å². The van der Waals surface area contributed by atoms with Crippen molar-refractivity contribution in [3.8, 4) is 0 Å². The number of nitrogens with one attached hydrogen (secondary N) is 1. The maximum atomic E-state index is 12.1. The molecule has 1 saturated carbocycles. The van der Waals surface area contributed by atoms with Crippen molar-refractivity contribution < 1.29 is 9.90 Å². The summed E-state index contributed by atoms with van der Waals surface area (Å²) in [6, 6.07) is 3.65. The number of hydrogen-bond acceptors (Lipinski definition) is 6. The minimum Gasteiger partial charge on any atom is -0.389 e. The quantitative estimate of drug-likeness (QED) is 0.610. The van der Waals surface area contributed by atoms with Crippen LogP contribution in [0.1, 0.15) is 38.9 Å². The van der Waals surface area contributed by atoms with E-state index < -0.39 is 5.60 Å². The Morgan fingerprint density at radius 2 is 2.15 bits per heavy atom. The van der Waals surface area contributed by atoms with Crippen molar-refractivity contribution in [2.24, 2.45) is 5.92 Å². The molecule has 8 heteroatoms. The van der Waals surface area contributed by atoms with E-state index in [1.54, 1.807) is 26.1 Å². The van der Waals surface area contributed by atoms with Crippen LogP contribution in [-0.4, -0.2) is 36.1 Å². The van der Waals surface area contributed by atoms with Crippen LogP contribution in [0, 0.1) is 5.92 Å². The third-order valence-corrected chi connectivity index (χ3v) is 4.70. The molecule has 27 heavy (non-hydrogen) atoms. The molecular formula is C19H24N6O2. The third-order valence-electron chi connectivity index (χ3n) is 4.70. The molecule has 0 unspecified atom stereocenters. The van der Waals surface area contributed by atoms with Crippen LogP contribution in [0.3, 0.4) is 0 Å². The van der Waals surface area contributed by atoms with Crippen LogP contribution < -0.4 is 11.1 Å². The first-order valence-electron chi connectivity index (χ1n) is 9.20. The van der Waals surface area contributed by atoms with E-state index in [1.165, 1.54) is 0 Å². The molecule has 8 nitrogen and oxygen atoms in total. The van der Waals surface area contributed by atoms with E-state index in [4.69, 9.17) is 5.73 Å². The zero-order valence-electron chi connectivity index (χ0n) is 15.6. The van der Waals surface area contributed by atoms with Gasteiger partial charge in [-0.1, -0.05) is 0 Å². The number of rotatable bonds is 6. The first-order valence-corrected chi connectivity index (χ1v) is 9.20. The molecule has 142 valence electrons. The zero-order chi connectivity index (χ0) is 19.2. The van der Waals surface area contributed by atoms with Gasteiger partial charge in [-0.15, -0.1) is 0 Å². The molecule has 3 heterocycles. The number of hydrogen-bond donors (Lipinski definition) is 3. The summed E-state index contributed by atoms with van der Waals surface area (Å²) >= 11 is 0. The summed E-state index contributed by atoms with van der Waals surface area (Å²) in [5, 5.41) is 13.4. The molecule has 4 N–H and O–H groups in total. The number of imidazole rings is 1. The van der Waals surface area contributed by atoms with Crippen LogP contribution in [-0.2, 0) is 17.9 Å². The minimum absolute atomic E-state index is 0.0217. The molecule has 0 spiro atoms. The van der Waals surface area contributed by atoms with E-state index in [2.05, 4.69) is 20.3 Å². The lowest BCUT2D eigenvalue weighted by Crippen LogP contribution is -2.30. The molecule has 0 radical (unpaired) electrons. The van der Waals surface area contributed by atoms with Crippen molar-refractivity contribution in [1.82, 2.24) is 24.8 Å². The number of nitrogens with zero attached hydrogens (tertiary/aromatic N) is 4. The van der Waals surface area contributed by atoms with E-state index in [0.29, 0.717) is 47.1 Å². The number of nitrogens with two attached hydrogens (primary N) is 1. The van der Waals surface area contributed by atoms with Gasteiger partial charge in [0.15, 0.2) is 5.82 Å². The van der Waals surface area contributed by atoms with Crippen LogP contribution in [0.15, 0.2) is 18.3 Å². The summed E-state index contributed by atoms with van der Waals surface area (Å²) in [5.74, 6) is 1.48. The van der Waals surface area contributed by atoms with Crippen LogP contribution in [0.5, 0.6) is 0 Å². The average Bonchev–Trinajstić information content (AvgIpc) is 3.33. The van der Waals surface area contributed by atoms with Gasteiger partial charge in [0.25, 0.3) is 0 Å². The molecule has 3 aromatic rings. The number of anilines is 1. The van der Waals surface area contributed by atoms with Gasteiger partial charge < -0.3 is 20.7 Å². The number of aliphatic hydroxyl groups is 1. The zero-order valence-corrected chi connectivity index (χ0v) is 15.6.